The molecular formula is C18H14N2O. The first kappa shape index (κ1) is 13.1. The predicted molar refractivity (Wildman–Crippen MR) is 84.7 cm³/mol. The van der Waals surface area contributed by atoms with Crippen LogP contribution in [0.25, 0.3) is 17.0 Å². The summed E-state index contributed by atoms with van der Waals surface area (Å²) >= 11 is 0. The number of nitrogens with one attached hydrogen (secondary N) is 1. The second-order valence-corrected chi connectivity index (χ2v) is 4.61. The van der Waals surface area contributed by atoms with Crippen LogP contribution < -0.4 is 5.32 Å². The predicted octanol–water partition coefficient (Wildman–Crippen LogP) is 3.64. The molecule has 2 aromatic carbocycles. The van der Waals surface area contributed by atoms with E-state index < -0.39 is 0 Å². The average molecular weight is 274 g/mol. The van der Waals surface area contributed by atoms with Crippen LogP contribution in [-0.2, 0) is 0 Å². The van der Waals surface area contributed by atoms with E-state index in [-0.39, 0.29) is 5.91 Å². The Labute approximate surface area is 123 Å². The number of carbonyl (C=O) groups is 1. The topological polar surface area (TPSA) is 42.0 Å². The highest BCUT2D eigenvalue weighted by atomic mass is 16.1. The third-order valence-electron chi connectivity index (χ3n) is 3.12. The van der Waals surface area contributed by atoms with Crippen molar-refractivity contribution in [2.45, 2.75) is 0 Å². The smallest absolute Gasteiger partial charge is 0.273 e. The van der Waals surface area contributed by atoms with Gasteiger partial charge in [-0.05, 0) is 23.8 Å². The van der Waals surface area contributed by atoms with Crippen LogP contribution in [0.2, 0.25) is 0 Å². The largest absolute Gasteiger partial charge is 0.327 e. The minimum Gasteiger partial charge on any atom is -0.327 e. The summed E-state index contributed by atoms with van der Waals surface area (Å²) in [5.41, 5.74) is 2.26. The van der Waals surface area contributed by atoms with Crippen molar-refractivity contribution in [2.75, 3.05) is 0 Å². The summed E-state index contributed by atoms with van der Waals surface area (Å²) in [6.07, 6.45) is 3.48. The number of rotatable bonds is 3. The van der Waals surface area contributed by atoms with E-state index in [1.165, 1.54) is 0 Å². The molecule has 1 heterocycles. The maximum Gasteiger partial charge on any atom is 0.273 e. The monoisotopic (exact) mass is 274 g/mol. The molecule has 0 spiro atoms. The van der Waals surface area contributed by atoms with Gasteiger partial charge in [0.15, 0.2) is 0 Å². The summed E-state index contributed by atoms with van der Waals surface area (Å²) in [6, 6.07) is 21.2. The van der Waals surface area contributed by atoms with Crippen molar-refractivity contribution in [3.8, 4) is 0 Å². The third-order valence-corrected chi connectivity index (χ3v) is 3.12. The summed E-state index contributed by atoms with van der Waals surface area (Å²) in [7, 11) is 0. The van der Waals surface area contributed by atoms with Crippen molar-refractivity contribution in [1.29, 1.82) is 0 Å². The number of para-hydroxylation sites is 1. The summed E-state index contributed by atoms with van der Waals surface area (Å²) < 4.78 is 0. The number of carbonyl (C=O) groups excluding carboxylic acids is 1. The van der Waals surface area contributed by atoms with Gasteiger partial charge in [0, 0.05) is 11.6 Å². The van der Waals surface area contributed by atoms with E-state index >= 15 is 0 Å². The van der Waals surface area contributed by atoms with Gasteiger partial charge in [-0.15, -0.1) is 0 Å². The van der Waals surface area contributed by atoms with Gasteiger partial charge in [0.2, 0.25) is 0 Å². The highest BCUT2D eigenvalue weighted by Gasteiger charge is 2.05. The van der Waals surface area contributed by atoms with Crippen LogP contribution in [0.3, 0.4) is 0 Å². The molecule has 1 aromatic heterocycles. The van der Waals surface area contributed by atoms with Gasteiger partial charge in [-0.1, -0.05) is 54.6 Å². The molecule has 0 aliphatic heterocycles. The highest BCUT2D eigenvalue weighted by molar-refractivity contribution is 5.95. The van der Waals surface area contributed by atoms with Crippen molar-refractivity contribution >= 4 is 22.9 Å². The molecule has 0 aliphatic rings. The number of hydrogen-bond acceptors (Lipinski definition) is 2. The van der Waals surface area contributed by atoms with Crippen molar-refractivity contribution < 1.29 is 4.79 Å². The van der Waals surface area contributed by atoms with Crippen molar-refractivity contribution in [2.24, 2.45) is 0 Å². The lowest BCUT2D eigenvalue weighted by atomic mass is 10.2. The van der Waals surface area contributed by atoms with E-state index in [0.717, 1.165) is 16.5 Å². The number of hydrogen-bond donors (Lipinski definition) is 1. The molecule has 3 aromatic rings. The number of nitrogens with zero attached hydrogens (tertiary/aromatic N) is 1. The Kier molecular flexibility index (Phi) is 3.74. The maximum absolute atomic E-state index is 12.1. The molecule has 3 rings (SSSR count). The standard InChI is InChI=1S/C18H14N2O/c21-18(19-13-12-14-6-2-1-3-7-14)17-11-10-15-8-4-5-9-16(15)20-17/h1-13H,(H,19,21)/b13-12+. The molecule has 0 aliphatic carbocycles. The minimum atomic E-state index is -0.215. The number of benzene rings is 2. The fourth-order valence-corrected chi connectivity index (χ4v) is 2.04. The first-order valence-electron chi connectivity index (χ1n) is 6.71. The summed E-state index contributed by atoms with van der Waals surface area (Å²) in [6.45, 7) is 0. The second-order valence-electron chi connectivity index (χ2n) is 4.61. The number of aromatic nitrogens is 1. The van der Waals surface area contributed by atoms with Crippen LogP contribution in [0.4, 0.5) is 0 Å². The van der Waals surface area contributed by atoms with Gasteiger partial charge < -0.3 is 5.32 Å². The van der Waals surface area contributed by atoms with Gasteiger partial charge in [-0.2, -0.15) is 0 Å². The van der Waals surface area contributed by atoms with Gasteiger partial charge in [0.05, 0.1) is 5.52 Å². The molecule has 3 nitrogen and oxygen atoms in total. The van der Waals surface area contributed by atoms with E-state index in [9.17, 15) is 4.79 Å². The van der Waals surface area contributed by atoms with Crippen molar-refractivity contribution in [3.63, 3.8) is 0 Å². The molecule has 21 heavy (non-hydrogen) atoms. The molecule has 0 unspecified atom stereocenters. The lowest BCUT2D eigenvalue weighted by molar-refractivity contribution is 0.0966. The molecule has 1 amide bonds. The molecule has 0 radical (unpaired) electrons. The first-order chi connectivity index (χ1) is 10.3. The minimum absolute atomic E-state index is 0.215. The molecule has 0 saturated heterocycles. The normalized spacial score (nSPS) is 10.9. The fourth-order valence-electron chi connectivity index (χ4n) is 2.04. The average Bonchev–Trinajstić information content (AvgIpc) is 2.55. The van der Waals surface area contributed by atoms with E-state index in [2.05, 4.69) is 10.3 Å². The van der Waals surface area contributed by atoms with E-state index in [4.69, 9.17) is 0 Å². The quantitative estimate of drug-likeness (QED) is 0.792. The Balaban J connectivity index is 1.73. The molecule has 0 fully saturated rings. The second kappa shape index (κ2) is 6.01. The Hall–Kier alpha value is -2.94. The molecule has 3 heteroatoms. The first-order valence-corrected chi connectivity index (χ1v) is 6.71. The van der Waals surface area contributed by atoms with Crippen LogP contribution in [-0.4, -0.2) is 10.9 Å². The van der Waals surface area contributed by atoms with Crippen LogP contribution in [0.5, 0.6) is 0 Å². The van der Waals surface area contributed by atoms with Gasteiger partial charge in [0.1, 0.15) is 5.69 Å². The summed E-state index contributed by atoms with van der Waals surface area (Å²) in [5, 5.41) is 3.75. The SMILES string of the molecule is O=C(N/C=C/c1ccccc1)c1ccc2ccccc2n1. The molecule has 0 atom stereocenters. The van der Waals surface area contributed by atoms with Gasteiger partial charge in [-0.25, -0.2) is 4.98 Å². The number of amides is 1. The van der Waals surface area contributed by atoms with Gasteiger partial charge in [-0.3, -0.25) is 4.79 Å². The Morgan fingerprint density at radius 1 is 0.905 bits per heavy atom. The molecular weight excluding hydrogens is 260 g/mol. The van der Waals surface area contributed by atoms with Crippen molar-refractivity contribution in [3.05, 3.63) is 84.2 Å². The Morgan fingerprint density at radius 3 is 2.52 bits per heavy atom. The molecule has 102 valence electrons. The van der Waals surface area contributed by atoms with Crippen LogP contribution in [0.15, 0.2) is 72.9 Å². The zero-order valence-electron chi connectivity index (χ0n) is 11.4. The number of pyridine rings is 1. The van der Waals surface area contributed by atoms with E-state index in [1.54, 1.807) is 12.3 Å². The lowest BCUT2D eigenvalue weighted by Gasteiger charge is -2.02. The zero-order chi connectivity index (χ0) is 14.5. The third kappa shape index (κ3) is 3.15. The van der Waals surface area contributed by atoms with E-state index in [0.29, 0.717) is 5.69 Å². The molecule has 1 N–H and O–H groups in total. The number of fused-ring (bicyclic) bond motifs is 1. The zero-order valence-corrected chi connectivity index (χ0v) is 11.4. The summed E-state index contributed by atoms with van der Waals surface area (Å²) in [5.74, 6) is -0.215. The van der Waals surface area contributed by atoms with E-state index in [1.807, 2.05) is 66.7 Å². The maximum atomic E-state index is 12.1. The van der Waals surface area contributed by atoms with Crippen molar-refractivity contribution in [1.82, 2.24) is 10.3 Å². The van der Waals surface area contributed by atoms with Crippen LogP contribution in [0, 0.1) is 0 Å². The molecule has 0 bridgehead atoms. The van der Waals surface area contributed by atoms with Crippen LogP contribution in [0.1, 0.15) is 16.1 Å². The van der Waals surface area contributed by atoms with Crippen LogP contribution >= 0.6 is 0 Å². The highest BCUT2D eigenvalue weighted by Crippen LogP contribution is 2.11. The Morgan fingerprint density at radius 2 is 1.67 bits per heavy atom. The summed E-state index contributed by atoms with van der Waals surface area (Å²) in [4.78, 5) is 16.4. The molecule has 0 saturated carbocycles. The fraction of sp³-hybridized carbons (Fsp3) is 0. The van der Waals surface area contributed by atoms with Gasteiger partial charge >= 0.3 is 0 Å². The lowest BCUT2D eigenvalue weighted by Crippen LogP contribution is -2.18. The van der Waals surface area contributed by atoms with Gasteiger partial charge in [0.25, 0.3) is 5.91 Å². The Bertz CT molecular complexity index is 794.